The number of urea groups is 1. The number of anilines is 2. The first-order valence-electron chi connectivity index (χ1n) is 9.24. The summed E-state index contributed by atoms with van der Waals surface area (Å²) < 4.78 is 5.04. The van der Waals surface area contributed by atoms with Crippen LogP contribution in [0, 0.1) is 13.8 Å². The van der Waals surface area contributed by atoms with Gasteiger partial charge in [-0.2, -0.15) is 0 Å². The highest BCUT2D eigenvalue weighted by atomic mass is 16.5. The lowest BCUT2D eigenvalue weighted by Crippen LogP contribution is -2.30. The molecule has 8 heteroatoms. The average molecular weight is 384 g/mol. The van der Waals surface area contributed by atoms with Crippen LogP contribution in [0.4, 0.5) is 16.2 Å². The van der Waals surface area contributed by atoms with Gasteiger partial charge < -0.3 is 25.7 Å². The number of amides is 3. The molecule has 1 aromatic carbocycles. The molecule has 2 aromatic rings. The van der Waals surface area contributed by atoms with Crippen LogP contribution in [0.5, 0.6) is 0 Å². The summed E-state index contributed by atoms with van der Waals surface area (Å²) in [6.07, 6.45) is 2.04. The standard InChI is InChI=1S/C20H24N4O4/c1-4-28-19(26)16-11(2)17(21-12(16)3)18(25)22-13-5-7-14(8-6-13)23-20(27)24-15-9-10-15/h5-8,15,21H,4,9-10H2,1-3H3,(H,22,25)(H2,23,24,27). The third-order valence-corrected chi connectivity index (χ3v) is 4.46. The number of hydrogen-bond acceptors (Lipinski definition) is 4. The quantitative estimate of drug-likeness (QED) is 0.572. The molecule has 1 aliphatic carbocycles. The first-order chi connectivity index (χ1) is 13.4. The second-order valence-electron chi connectivity index (χ2n) is 6.75. The van der Waals surface area contributed by atoms with E-state index in [0.29, 0.717) is 33.9 Å². The van der Waals surface area contributed by atoms with Gasteiger partial charge >= 0.3 is 12.0 Å². The zero-order valence-corrected chi connectivity index (χ0v) is 16.1. The number of hydrogen-bond donors (Lipinski definition) is 4. The SMILES string of the molecule is CCOC(=O)c1c(C)[nH]c(C(=O)Nc2ccc(NC(=O)NC3CC3)cc2)c1C. The van der Waals surface area contributed by atoms with Crippen molar-refractivity contribution in [1.29, 1.82) is 0 Å². The molecule has 148 valence electrons. The van der Waals surface area contributed by atoms with Crippen molar-refractivity contribution in [2.45, 2.75) is 39.7 Å². The van der Waals surface area contributed by atoms with Gasteiger partial charge in [-0.1, -0.05) is 0 Å². The highest BCUT2D eigenvalue weighted by Gasteiger charge is 2.24. The largest absolute Gasteiger partial charge is 0.462 e. The maximum absolute atomic E-state index is 12.6. The van der Waals surface area contributed by atoms with Crippen LogP contribution in [-0.2, 0) is 4.74 Å². The third kappa shape index (κ3) is 4.51. The van der Waals surface area contributed by atoms with Crippen LogP contribution >= 0.6 is 0 Å². The molecule has 0 aliphatic heterocycles. The van der Waals surface area contributed by atoms with Crippen molar-refractivity contribution in [1.82, 2.24) is 10.3 Å². The highest BCUT2D eigenvalue weighted by molar-refractivity contribution is 6.07. The number of rotatable bonds is 6. The van der Waals surface area contributed by atoms with E-state index in [9.17, 15) is 14.4 Å². The Kier molecular flexibility index (Phi) is 5.67. The zero-order chi connectivity index (χ0) is 20.3. The van der Waals surface area contributed by atoms with Crippen LogP contribution in [0.25, 0.3) is 0 Å². The molecule has 0 saturated heterocycles. The van der Waals surface area contributed by atoms with Gasteiger partial charge in [0.2, 0.25) is 0 Å². The van der Waals surface area contributed by atoms with Crippen molar-refractivity contribution in [3.8, 4) is 0 Å². The van der Waals surface area contributed by atoms with Crippen LogP contribution in [0.2, 0.25) is 0 Å². The van der Waals surface area contributed by atoms with Gasteiger partial charge in [0.25, 0.3) is 5.91 Å². The van der Waals surface area contributed by atoms with Crippen molar-refractivity contribution in [2.75, 3.05) is 17.2 Å². The summed E-state index contributed by atoms with van der Waals surface area (Å²) in [5.41, 5.74) is 3.03. The molecule has 8 nitrogen and oxygen atoms in total. The second kappa shape index (κ2) is 8.16. The third-order valence-electron chi connectivity index (χ3n) is 4.46. The maximum atomic E-state index is 12.6. The molecule has 0 bridgehead atoms. The smallest absolute Gasteiger partial charge is 0.340 e. The van der Waals surface area contributed by atoms with E-state index in [1.54, 1.807) is 45.0 Å². The Bertz CT molecular complexity index is 898. The molecule has 0 radical (unpaired) electrons. The molecule has 1 aliphatic rings. The summed E-state index contributed by atoms with van der Waals surface area (Å²) in [7, 11) is 0. The molecular weight excluding hydrogens is 360 g/mol. The molecular formula is C20H24N4O4. The van der Waals surface area contributed by atoms with E-state index in [4.69, 9.17) is 4.74 Å². The van der Waals surface area contributed by atoms with Crippen molar-refractivity contribution in [3.05, 3.63) is 46.8 Å². The Hall–Kier alpha value is -3.29. The van der Waals surface area contributed by atoms with E-state index in [2.05, 4.69) is 20.9 Å². The monoisotopic (exact) mass is 384 g/mol. The number of esters is 1. The minimum Gasteiger partial charge on any atom is -0.462 e. The van der Waals surface area contributed by atoms with Crippen LogP contribution in [0.3, 0.4) is 0 Å². The first kappa shape index (κ1) is 19.5. The molecule has 28 heavy (non-hydrogen) atoms. The molecule has 0 atom stereocenters. The van der Waals surface area contributed by atoms with Gasteiger partial charge in [0.1, 0.15) is 5.69 Å². The lowest BCUT2D eigenvalue weighted by atomic mass is 10.1. The summed E-state index contributed by atoms with van der Waals surface area (Å²) in [6, 6.07) is 6.86. The minimum absolute atomic E-state index is 0.233. The fourth-order valence-corrected chi connectivity index (χ4v) is 2.90. The molecule has 3 amide bonds. The van der Waals surface area contributed by atoms with Crippen molar-refractivity contribution >= 4 is 29.3 Å². The predicted octanol–water partition coefficient (Wildman–Crippen LogP) is 3.34. The minimum atomic E-state index is -0.451. The zero-order valence-electron chi connectivity index (χ0n) is 16.1. The summed E-state index contributed by atoms with van der Waals surface area (Å²) in [6.45, 7) is 5.43. The number of aromatic nitrogens is 1. The number of nitrogens with one attached hydrogen (secondary N) is 4. The molecule has 1 aromatic heterocycles. The van der Waals surface area contributed by atoms with Crippen molar-refractivity contribution < 1.29 is 19.1 Å². The number of carbonyl (C=O) groups excluding carboxylic acids is 3. The first-order valence-corrected chi connectivity index (χ1v) is 9.24. The number of aryl methyl sites for hydroxylation is 1. The fraction of sp³-hybridized carbons (Fsp3) is 0.350. The lowest BCUT2D eigenvalue weighted by Gasteiger charge is -2.09. The number of aromatic amines is 1. The number of carbonyl (C=O) groups is 3. The Morgan fingerprint density at radius 1 is 1.07 bits per heavy atom. The van der Waals surface area contributed by atoms with Gasteiger partial charge in [0.05, 0.1) is 12.2 Å². The Balaban J connectivity index is 1.65. The van der Waals surface area contributed by atoms with Gasteiger partial charge in [0, 0.05) is 23.1 Å². The molecule has 1 fully saturated rings. The maximum Gasteiger partial charge on any atom is 0.340 e. The number of benzene rings is 1. The van der Waals surface area contributed by atoms with E-state index in [0.717, 1.165) is 12.8 Å². The van der Waals surface area contributed by atoms with Crippen molar-refractivity contribution in [2.24, 2.45) is 0 Å². The van der Waals surface area contributed by atoms with Gasteiger partial charge in [-0.25, -0.2) is 9.59 Å². The van der Waals surface area contributed by atoms with Crippen molar-refractivity contribution in [3.63, 3.8) is 0 Å². The van der Waals surface area contributed by atoms with Gasteiger partial charge in [-0.05, 0) is 63.4 Å². The fourth-order valence-electron chi connectivity index (χ4n) is 2.90. The average Bonchev–Trinajstić information content (AvgIpc) is 3.39. The van der Waals surface area contributed by atoms with Crippen LogP contribution in [0.15, 0.2) is 24.3 Å². The predicted molar refractivity (Wildman–Crippen MR) is 106 cm³/mol. The number of ether oxygens (including phenoxy) is 1. The molecule has 1 heterocycles. The van der Waals surface area contributed by atoms with Gasteiger partial charge in [0.15, 0.2) is 0 Å². The summed E-state index contributed by atoms with van der Waals surface area (Å²) in [4.78, 5) is 39.4. The molecule has 0 unspecified atom stereocenters. The number of H-pyrrole nitrogens is 1. The highest BCUT2D eigenvalue weighted by Crippen LogP contribution is 2.22. The molecule has 1 saturated carbocycles. The second-order valence-corrected chi connectivity index (χ2v) is 6.75. The molecule has 3 rings (SSSR count). The normalized spacial score (nSPS) is 13.0. The Morgan fingerprint density at radius 2 is 1.68 bits per heavy atom. The van der Waals surface area contributed by atoms with Gasteiger partial charge in [-0.3, -0.25) is 4.79 Å². The topological polar surface area (TPSA) is 112 Å². The Morgan fingerprint density at radius 3 is 2.25 bits per heavy atom. The summed E-state index contributed by atoms with van der Waals surface area (Å²) >= 11 is 0. The van der Waals surface area contributed by atoms with Crippen LogP contribution in [0.1, 0.15) is 51.9 Å². The van der Waals surface area contributed by atoms with E-state index < -0.39 is 5.97 Å². The van der Waals surface area contributed by atoms with E-state index in [1.807, 2.05) is 0 Å². The lowest BCUT2D eigenvalue weighted by molar-refractivity contribution is 0.0525. The van der Waals surface area contributed by atoms with E-state index >= 15 is 0 Å². The summed E-state index contributed by atoms with van der Waals surface area (Å²) in [5, 5.41) is 8.37. The van der Waals surface area contributed by atoms with Crippen LogP contribution in [-0.4, -0.2) is 35.5 Å². The van der Waals surface area contributed by atoms with E-state index in [-0.39, 0.29) is 24.6 Å². The van der Waals surface area contributed by atoms with E-state index in [1.165, 1.54) is 0 Å². The Labute approximate surface area is 163 Å². The van der Waals surface area contributed by atoms with Crippen LogP contribution < -0.4 is 16.0 Å². The van der Waals surface area contributed by atoms with Gasteiger partial charge in [-0.15, -0.1) is 0 Å². The summed E-state index contributed by atoms with van der Waals surface area (Å²) in [5.74, 6) is -0.809. The molecule has 0 spiro atoms. The molecule has 4 N–H and O–H groups in total.